The lowest BCUT2D eigenvalue weighted by molar-refractivity contribution is 0.0597. The molecule has 5 heteroatoms. The first-order valence-corrected chi connectivity index (χ1v) is 6.34. The molecular formula is C14H12FNO2S. The van der Waals surface area contributed by atoms with Crippen LogP contribution < -0.4 is 5.73 Å². The summed E-state index contributed by atoms with van der Waals surface area (Å²) in [5.74, 6) is -0.849. The molecule has 0 atom stereocenters. The second kappa shape index (κ2) is 5.75. The number of nitrogen functional groups attached to an aromatic ring is 1. The summed E-state index contributed by atoms with van der Waals surface area (Å²) in [7, 11) is 1.29. The van der Waals surface area contributed by atoms with Gasteiger partial charge in [-0.2, -0.15) is 0 Å². The van der Waals surface area contributed by atoms with Crippen LogP contribution >= 0.6 is 11.8 Å². The Bertz CT molecular complexity index is 616. The van der Waals surface area contributed by atoms with Crippen LogP contribution in [0, 0.1) is 5.82 Å². The van der Waals surface area contributed by atoms with Gasteiger partial charge in [0.15, 0.2) is 0 Å². The molecule has 0 saturated carbocycles. The van der Waals surface area contributed by atoms with Crippen LogP contribution in [-0.2, 0) is 4.74 Å². The summed E-state index contributed by atoms with van der Waals surface area (Å²) in [4.78, 5) is 12.6. The molecule has 2 aromatic rings. The number of carbonyl (C=O) groups is 1. The van der Waals surface area contributed by atoms with Gasteiger partial charge in [0.2, 0.25) is 0 Å². The fourth-order valence-electron chi connectivity index (χ4n) is 1.58. The lowest BCUT2D eigenvalue weighted by Crippen LogP contribution is -2.05. The maximum atomic E-state index is 13.6. The van der Waals surface area contributed by atoms with Gasteiger partial charge in [0, 0.05) is 15.5 Å². The third kappa shape index (κ3) is 2.88. The van der Waals surface area contributed by atoms with Crippen LogP contribution in [0.5, 0.6) is 0 Å². The number of anilines is 1. The van der Waals surface area contributed by atoms with Gasteiger partial charge < -0.3 is 10.5 Å². The molecule has 0 bridgehead atoms. The molecule has 0 aliphatic heterocycles. The van der Waals surface area contributed by atoms with Gasteiger partial charge >= 0.3 is 5.97 Å². The highest BCUT2D eigenvalue weighted by Crippen LogP contribution is 2.36. The van der Waals surface area contributed by atoms with Crippen molar-refractivity contribution in [1.82, 2.24) is 0 Å². The number of carbonyl (C=O) groups excluding carboxylic acids is 1. The van der Waals surface area contributed by atoms with E-state index in [0.29, 0.717) is 21.0 Å². The number of ether oxygens (including phenoxy) is 1. The van der Waals surface area contributed by atoms with Crippen LogP contribution in [0.1, 0.15) is 10.4 Å². The molecule has 0 fully saturated rings. The Hall–Kier alpha value is -2.01. The molecule has 0 amide bonds. The molecule has 19 heavy (non-hydrogen) atoms. The Kier molecular flexibility index (Phi) is 4.06. The maximum absolute atomic E-state index is 13.6. The zero-order valence-corrected chi connectivity index (χ0v) is 11.0. The van der Waals surface area contributed by atoms with Crippen LogP contribution in [-0.4, -0.2) is 13.1 Å². The Labute approximate surface area is 114 Å². The topological polar surface area (TPSA) is 52.3 Å². The largest absolute Gasteiger partial charge is 0.465 e. The first-order chi connectivity index (χ1) is 9.13. The molecule has 0 saturated heterocycles. The highest BCUT2D eigenvalue weighted by molar-refractivity contribution is 7.99. The van der Waals surface area contributed by atoms with E-state index < -0.39 is 5.97 Å². The Morgan fingerprint density at radius 1 is 1.21 bits per heavy atom. The zero-order chi connectivity index (χ0) is 13.8. The fraction of sp³-hybridized carbons (Fsp3) is 0.0714. The molecule has 98 valence electrons. The summed E-state index contributed by atoms with van der Waals surface area (Å²) >= 11 is 1.11. The molecule has 3 nitrogen and oxygen atoms in total. The second-order valence-electron chi connectivity index (χ2n) is 3.75. The van der Waals surface area contributed by atoms with Crippen molar-refractivity contribution in [2.45, 2.75) is 9.79 Å². The van der Waals surface area contributed by atoms with Gasteiger partial charge in [-0.15, -0.1) is 0 Å². The SMILES string of the molecule is COC(=O)c1cccc(N)c1Sc1ccccc1F. The zero-order valence-electron chi connectivity index (χ0n) is 10.2. The van der Waals surface area contributed by atoms with E-state index in [4.69, 9.17) is 10.5 Å². The standard InChI is InChI=1S/C14H12FNO2S/c1-18-14(17)9-5-4-7-11(16)13(9)19-12-8-3-2-6-10(12)15/h2-8H,16H2,1H3. The van der Waals surface area contributed by atoms with Crippen molar-refractivity contribution in [3.8, 4) is 0 Å². The van der Waals surface area contributed by atoms with E-state index in [2.05, 4.69) is 0 Å². The number of hydrogen-bond acceptors (Lipinski definition) is 4. The average Bonchev–Trinajstić information content (AvgIpc) is 2.42. The van der Waals surface area contributed by atoms with E-state index in [9.17, 15) is 9.18 Å². The minimum absolute atomic E-state index is 0.329. The number of benzene rings is 2. The quantitative estimate of drug-likeness (QED) is 0.690. The first kappa shape index (κ1) is 13.4. The van der Waals surface area contributed by atoms with Crippen molar-refractivity contribution in [2.75, 3.05) is 12.8 Å². The fourth-order valence-corrected chi connectivity index (χ4v) is 2.56. The van der Waals surface area contributed by atoms with Gasteiger partial charge in [0.25, 0.3) is 0 Å². The van der Waals surface area contributed by atoms with Gasteiger partial charge in [0.05, 0.1) is 12.7 Å². The number of nitrogens with two attached hydrogens (primary N) is 1. The van der Waals surface area contributed by atoms with Crippen LogP contribution in [0.4, 0.5) is 10.1 Å². The number of hydrogen-bond donors (Lipinski definition) is 1. The minimum atomic E-state index is -0.494. The predicted octanol–water partition coefficient (Wildman–Crippen LogP) is 3.35. The second-order valence-corrected chi connectivity index (χ2v) is 4.80. The molecule has 0 spiro atoms. The van der Waals surface area contributed by atoms with Gasteiger partial charge in [-0.3, -0.25) is 0 Å². The summed E-state index contributed by atoms with van der Waals surface area (Å²) in [5, 5.41) is 0. The molecule has 2 aromatic carbocycles. The predicted molar refractivity (Wildman–Crippen MR) is 72.7 cm³/mol. The first-order valence-electron chi connectivity index (χ1n) is 5.52. The van der Waals surface area contributed by atoms with Crippen LogP contribution in [0.2, 0.25) is 0 Å². The summed E-state index contributed by atoms with van der Waals surface area (Å²) in [6.45, 7) is 0. The lowest BCUT2D eigenvalue weighted by atomic mass is 10.2. The Balaban J connectivity index is 2.45. The van der Waals surface area contributed by atoms with Crippen molar-refractivity contribution in [1.29, 1.82) is 0 Å². The lowest BCUT2D eigenvalue weighted by Gasteiger charge is -2.10. The average molecular weight is 277 g/mol. The molecule has 0 aliphatic carbocycles. The van der Waals surface area contributed by atoms with E-state index in [1.165, 1.54) is 13.2 Å². The van der Waals surface area contributed by atoms with Crippen LogP contribution in [0.3, 0.4) is 0 Å². The van der Waals surface area contributed by atoms with Gasteiger partial charge in [0.1, 0.15) is 5.82 Å². The Morgan fingerprint density at radius 2 is 1.95 bits per heavy atom. The maximum Gasteiger partial charge on any atom is 0.339 e. The molecule has 2 N–H and O–H groups in total. The van der Waals surface area contributed by atoms with Crippen LogP contribution in [0.25, 0.3) is 0 Å². The van der Waals surface area contributed by atoms with E-state index in [1.54, 1.807) is 36.4 Å². The number of halogens is 1. The van der Waals surface area contributed by atoms with E-state index in [1.807, 2.05) is 0 Å². The monoisotopic (exact) mass is 277 g/mol. The van der Waals surface area contributed by atoms with Gasteiger partial charge in [-0.1, -0.05) is 30.0 Å². The van der Waals surface area contributed by atoms with Gasteiger partial charge in [-0.05, 0) is 24.3 Å². The van der Waals surface area contributed by atoms with Crippen molar-refractivity contribution in [3.05, 3.63) is 53.8 Å². The van der Waals surface area contributed by atoms with Crippen molar-refractivity contribution < 1.29 is 13.9 Å². The third-order valence-electron chi connectivity index (χ3n) is 2.50. The molecular weight excluding hydrogens is 265 g/mol. The van der Waals surface area contributed by atoms with E-state index >= 15 is 0 Å². The van der Waals surface area contributed by atoms with Gasteiger partial charge in [-0.25, -0.2) is 9.18 Å². The minimum Gasteiger partial charge on any atom is -0.465 e. The molecule has 0 heterocycles. The summed E-state index contributed by atoms with van der Waals surface area (Å²) in [6, 6.07) is 11.2. The number of methoxy groups -OCH3 is 1. The molecule has 0 aliphatic rings. The number of esters is 1. The normalized spacial score (nSPS) is 10.2. The van der Waals surface area contributed by atoms with Crippen molar-refractivity contribution in [3.63, 3.8) is 0 Å². The summed E-state index contributed by atoms with van der Waals surface area (Å²) in [6.07, 6.45) is 0. The summed E-state index contributed by atoms with van der Waals surface area (Å²) < 4.78 is 18.3. The highest BCUT2D eigenvalue weighted by Gasteiger charge is 2.16. The molecule has 0 unspecified atom stereocenters. The highest BCUT2D eigenvalue weighted by atomic mass is 32.2. The van der Waals surface area contributed by atoms with E-state index in [0.717, 1.165) is 11.8 Å². The van der Waals surface area contributed by atoms with Crippen molar-refractivity contribution >= 4 is 23.4 Å². The number of rotatable bonds is 3. The van der Waals surface area contributed by atoms with Crippen LogP contribution in [0.15, 0.2) is 52.3 Å². The smallest absolute Gasteiger partial charge is 0.339 e. The molecule has 0 aromatic heterocycles. The molecule has 2 rings (SSSR count). The molecule has 0 radical (unpaired) electrons. The van der Waals surface area contributed by atoms with E-state index in [-0.39, 0.29) is 5.82 Å². The third-order valence-corrected chi connectivity index (χ3v) is 3.71. The van der Waals surface area contributed by atoms with Crippen molar-refractivity contribution in [2.24, 2.45) is 0 Å². The Morgan fingerprint density at radius 3 is 2.63 bits per heavy atom. The summed E-state index contributed by atoms with van der Waals surface area (Å²) in [5.41, 5.74) is 6.60.